The van der Waals surface area contributed by atoms with E-state index in [1.165, 1.54) is 0 Å². The molecular formula is C11H22N4O2. The van der Waals surface area contributed by atoms with E-state index in [1.807, 2.05) is 10.9 Å². The van der Waals surface area contributed by atoms with Gasteiger partial charge in [0.05, 0.1) is 17.4 Å². The molecule has 1 aromatic rings. The average molecular weight is 242 g/mol. The summed E-state index contributed by atoms with van der Waals surface area (Å²) in [6.45, 7) is 7.54. The van der Waals surface area contributed by atoms with Crippen LogP contribution in [-0.2, 0) is 21.6 Å². The van der Waals surface area contributed by atoms with Gasteiger partial charge in [0.1, 0.15) is 0 Å². The van der Waals surface area contributed by atoms with Crippen LogP contribution in [0.2, 0.25) is 0 Å². The van der Waals surface area contributed by atoms with E-state index in [9.17, 15) is 0 Å². The van der Waals surface area contributed by atoms with Crippen LogP contribution in [-0.4, -0.2) is 42.0 Å². The zero-order chi connectivity index (χ0) is 12.9. The maximum Gasteiger partial charge on any atom is 0.169 e. The lowest BCUT2D eigenvalue weighted by Crippen LogP contribution is -2.29. The molecule has 98 valence electrons. The number of ether oxygens (including phenoxy) is 2. The van der Waals surface area contributed by atoms with Crippen molar-refractivity contribution in [2.45, 2.75) is 39.1 Å². The zero-order valence-corrected chi connectivity index (χ0v) is 11.2. The Morgan fingerprint density at radius 3 is 2.47 bits per heavy atom. The normalized spacial score (nSPS) is 12.4. The molecule has 0 aliphatic heterocycles. The number of aromatic nitrogens is 3. The van der Waals surface area contributed by atoms with Gasteiger partial charge in [-0.05, 0) is 20.8 Å². The summed E-state index contributed by atoms with van der Waals surface area (Å²) in [5, 5.41) is 11.4. The van der Waals surface area contributed by atoms with Gasteiger partial charge in [-0.3, -0.25) is 0 Å². The van der Waals surface area contributed by atoms with Crippen molar-refractivity contribution in [1.82, 2.24) is 20.3 Å². The summed E-state index contributed by atoms with van der Waals surface area (Å²) in [7, 11) is 3.23. The van der Waals surface area contributed by atoms with Gasteiger partial charge in [-0.25, -0.2) is 4.68 Å². The summed E-state index contributed by atoms with van der Waals surface area (Å²) in [6.07, 6.45) is 1.72. The van der Waals surface area contributed by atoms with Crippen LogP contribution in [0.1, 0.15) is 26.5 Å². The third-order valence-electron chi connectivity index (χ3n) is 2.37. The van der Waals surface area contributed by atoms with E-state index in [2.05, 4.69) is 36.4 Å². The number of nitrogens with one attached hydrogen (secondary N) is 1. The topological polar surface area (TPSA) is 61.2 Å². The molecule has 6 heteroatoms. The predicted molar refractivity (Wildman–Crippen MR) is 64.5 cm³/mol. The van der Waals surface area contributed by atoms with Crippen LogP contribution < -0.4 is 5.32 Å². The first-order chi connectivity index (χ1) is 7.97. The van der Waals surface area contributed by atoms with Crippen LogP contribution >= 0.6 is 0 Å². The van der Waals surface area contributed by atoms with Crippen LogP contribution in [0.3, 0.4) is 0 Å². The van der Waals surface area contributed by atoms with Crippen molar-refractivity contribution in [3.05, 3.63) is 11.9 Å². The summed E-state index contributed by atoms with van der Waals surface area (Å²) in [5.41, 5.74) is 0.873. The van der Waals surface area contributed by atoms with Crippen molar-refractivity contribution in [2.24, 2.45) is 0 Å². The lowest BCUT2D eigenvalue weighted by molar-refractivity contribution is -0.0989. The maximum absolute atomic E-state index is 5.07. The van der Waals surface area contributed by atoms with Crippen molar-refractivity contribution in [3.63, 3.8) is 0 Å². The molecule has 1 aromatic heterocycles. The Morgan fingerprint density at radius 1 is 1.35 bits per heavy atom. The minimum Gasteiger partial charge on any atom is -0.355 e. The summed E-state index contributed by atoms with van der Waals surface area (Å²) >= 11 is 0. The molecule has 1 heterocycles. The smallest absolute Gasteiger partial charge is 0.169 e. The molecule has 0 saturated carbocycles. The Kier molecular flexibility index (Phi) is 5.04. The summed E-state index contributed by atoms with van der Waals surface area (Å²) in [4.78, 5) is 0. The number of nitrogens with zero attached hydrogens (tertiary/aromatic N) is 3. The molecular weight excluding hydrogens is 220 g/mol. The first-order valence-corrected chi connectivity index (χ1v) is 5.65. The third kappa shape index (κ3) is 4.41. The van der Waals surface area contributed by atoms with E-state index in [0.29, 0.717) is 13.1 Å². The fourth-order valence-electron chi connectivity index (χ4n) is 1.29. The summed E-state index contributed by atoms with van der Waals surface area (Å²) in [6, 6.07) is 0. The SMILES string of the molecule is COC(CNCc1cn(C(C)(C)C)nn1)OC. The molecule has 0 unspecified atom stereocenters. The van der Waals surface area contributed by atoms with E-state index < -0.39 is 0 Å². The molecule has 0 aromatic carbocycles. The van der Waals surface area contributed by atoms with E-state index in [0.717, 1.165) is 5.69 Å². The molecule has 0 bridgehead atoms. The number of hydrogen-bond acceptors (Lipinski definition) is 5. The maximum atomic E-state index is 5.07. The van der Waals surface area contributed by atoms with Crippen LogP contribution in [0.4, 0.5) is 0 Å². The molecule has 0 radical (unpaired) electrons. The summed E-state index contributed by atoms with van der Waals surface area (Å²) in [5.74, 6) is 0. The largest absolute Gasteiger partial charge is 0.355 e. The highest BCUT2D eigenvalue weighted by molar-refractivity contribution is 4.94. The van der Waals surface area contributed by atoms with Crippen LogP contribution in [0.5, 0.6) is 0 Å². The molecule has 0 spiro atoms. The fourth-order valence-corrected chi connectivity index (χ4v) is 1.29. The number of methoxy groups -OCH3 is 2. The lowest BCUT2D eigenvalue weighted by atomic mass is 10.1. The molecule has 6 nitrogen and oxygen atoms in total. The van der Waals surface area contributed by atoms with E-state index in [1.54, 1.807) is 14.2 Å². The average Bonchev–Trinajstić information content (AvgIpc) is 2.73. The minimum absolute atomic E-state index is 0.0349. The molecule has 0 aliphatic rings. The molecule has 17 heavy (non-hydrogen) atoms. The van der Waals surface area contributed by atoms with Gasteiger partial charge < -0.3 is 14.8 Å². The second-order valence-corrected chi connectivity index (χ2v) is 4.86. The Hall–Kier alpha value is -0.980. The van der Waals surface area contributed by atoms with E-state index in [4.69, 9.17) is 9.47 Å². The van der Waals surface area contributed by atoms with Gasteiger partial charge in [0.2, 0.25) is 0 Å². The van der Waals surface area contributed by atoms with Crippen molar-refractivity contribution < 1.29 is 9.47 Å². The van der Waals surface area contributed by atoms with Gasteiger partial charge in [0.25, 0.3) is 0 Å². The quantitative estimate of drug-likeness (QED) is 0.746. The monoisotopic (exact) mass is 242 g/mol. The summed E-state index contributed by atoms with van der Waals surface area (Å²) < 4.78 is 12.0. The first kappa shape index (κ1) is 14.1. The highest BCUT2D eigenvalue weighted by atomic mass is 16.7. The van der Waals surface area contributed by atoms with E-state index >= 15 is 0 Å². The number of rotatable bonds is 6. The van der Waals surface area contributed by atoms with Gasteiger partial charge in [0.15, 0.2) is 6.29 Å². The Morgan fingerprint density at radius 2 is 2.00 bits per heavy atom. The van der Waals surface area contributed by atoms with Crippen LogP contribution in [0.15, 0.2) is 6.20 Å². The Balaban J connectivity index is 2.40. The van der Waals surface area contributed by atoms with Crippen LogP contribution in [0, 0.1) is 0 Å². The molecule has 0 atom stereocenters. The minimum atomic E-state index is -0.229. The highest BCUT2D eigenvalue weighted by Crippen LogP contribution is 2.11. The Bertz CT molecular complexity index is 328. The van der Waals surface area contributed by atoms with Crippen LogP contribution in [0.25, 0.3) is 0 Å². The molecule has 0 amide bonds. The number of hydrogen-bond donors (Lipinski definition) is 1. The molecule has 1 N–H and O–H groups in total. The molecule has 1 rings (SSSR count). The zero-order valence-electron chi connectivity index (χ0n) is 11.2. The predicted octanol–water partition coefficient (Wildman–Crippen LogP) is 0.742. The third-order valence-corrected chi connectivity index (χ3v) is 2.37. The van der Waals surface area contributed by atoms with Gasteiger partial charge in [-0.15, -0.1) is 5.10 Å². The van der Waals surface area contributed by atoms with Crippen molar-refractivity contribution in [3.8, 4) is 0 Å². The van der Waals surface area contributed by atoms with E-state index in [-0.39, 0.29) is 11.8 Å². The standard InChI is InChI=1S/C11H22N4O2/c1-11(2,3)15-8-9(13-14-15)6-12-7-10(16-4)17-5/h8,10,12H,6-7H2,1-5H3. The van der Waals surface area contributed by atoms with Gasteiger partial charge >= 0.3 is 0 Å². The van der Waals surface area contributed by atoms with Crippen molar-refractivity contribution in [2.75, 3.05) is 20.8 Å². The second kappa shape index (κ2) is 6.09. The van der Waals surface area contributed by atoms with Gasteiger partial charge in [0, 0.05) is 27.3 Å². The highest BCUT2D eigenvalue weighted by Gasteiger charge is 2.15. The first-order valence-electron chi connectivity index (χ1n) is 5.65. The fraction of sp³-hybridized carbons (Fsp3) is 0.818. The Labute approximate surface area is 102 Å². The van der Waals surface area contributed by atoms with Gasteiger partial charge in [-0.2, -0.15) is 0 Å². The molecule has 0 saturated heterocycles. The molecule has 0 fully saturated rings. The van der Waals surface area contributed by atoms with Gasteiger partial charge in [-0.1, -0.05) is 5.21 Å². The molecule has 0 aliphatic carbocycles. The van der Waals surface area contributed by atoms with Crippen molar-refractivity contribution >= 4 is 0 Å². The van der Waals surface area contributed by atoms with Crippen molar-refractivity contribution in [1.29, 1.82) is 0 Å². The lowest BCUT2D eigenvalue weighted by Gasteiger charge is -2.17. The second-order valence-electron chi connectivity index (χ2n) is 4.86.